The van der Waals surface area contributed by atoms with Crippen LogP contribution in [0.25, 0.3) is 10.2 Å². The number of rotatable bonds is 7. The molecule has 0 aliphatic carbocycles. The van der Waals surface area contributed by atoms with Gasteiger partial charge in [-0.05, 0) is 38.9 Å². The number of benzene rings is 1. The minimum atomic E-state index is -0.617. The van der Waals surface area contributed by atoms with Gasteiger partial charge in [0.15, 0.2) is 4.34 Å². The lowest BCUT2D eigenvalue weighted by molar-refractivity contribution is -0.123. The predicted octanol–water partition coefficient (Wildman–Crippen LogP) is 2.63. The third-order valence-electron chi connectivity index (χ3n) is 3.42. The van der Waals surface area contributed by atoms with E-state index >= 15 is 0 Å². The second kappa shape index (κ2) is 6.56. The Kier molecular flexibility index (Phi) is 5.01. The van der Waals surface area contributed by atoms with Crippen LogP contribution >= 0.6 is 23.1 Å². The molecule has 1 aromatic carbocycles. The van der Waals surface area contributed by atoms with Crippen LogP contribution in [0.15, 0.2) is 28.6 Å². The normalized spacial score (nSPS) is 14.3. The second-order valence-corrected chi connectivity index (χ2v) is 7.22. The highest BCUT2D eigenvalue weighted by Crippen LogP contribution is 2.30. The summed E-state index contributed by atoms with van der Waals surface area (Å²) in [7, 11) is 1.77. The van der Waals surface area contributed by atoms with E-state index in [4.69, 9.17) is 5.73 Å². The Morgan fingerprint density at radius 1 is 1.50 bits per heavy atom. The molecule has 1 amide bonds. The molecule has 1 unspecified atom stereocenters. The molecule has 1 heterocycles. The van der Waals surface area contributed by atoms with Gasteiger partial charge in [0.05, 0.1) is 15.8 Å². The summed E-state index contributed by atoms with van der Waals surface area (Å²) in [5.74, 6) is 0.634. The summed E-state index contributed by atoms with van der Waals surface area (Å²) in [4.78, 5) is 16.0. The Labute approximate surface area is 127 Å². The first-order valence-corrected chi connectivity index (χ1v) is 8.32. The van der Waals surface area contributed by atoms with E-state index in [1.165, 1.54) is 4.70 Å². The number of carbonyl (C=O) groups is 1. The summed E-state index contributed by atoms with van der Waals surface area (Å²) < 4.78 is 2.30. The van der Waals surface area contributed by atoms with Crippen LogP contribution < -0.4 is 11.1 Å². The Hall–Kier alpha value is -1.11. The first kappa shape index (κ1) is 15.3. The molecule has 0 radical (unpaired) electrons. The zero-order chi connectivity index (χ0) is 14.6. The van der Waals surface area contributed by atoms with Crippen molar-refractivity contribution in [3.8, 4) is 0 Å². The number of carbonyl (C=O) groups excluding carboxylic acids is 1. The van der Waals surface area contributed by atoms with Gasteiger partial charge in [-0.1, -0.05) is 23.9 Å². The molecule has 0 fully saturated rings. The van der Waals surface area contributed by atoms with Crippen molar-refractivity contribution < 1.29 is 4.79 Å². The van der Waals surface area contributed by atoms with Crippen LogP contribution in [0.4, 0.5) is 0 Å². The molecule has 0 saturated heterocycles. The molecule has 0 aliphatic heterocycles. The average molecular weight is 309 g/mol. The molecule has 0 bridgehead atoms. The van der Waals surface area contributed by atoms with Gasteiger partial charge < -0.3 is 11.1 Å². The van der Waals surface area contributed by atoms with Crippen molar-refractivity contribution in [1.82, 2.24) is 10.3 Å². The standard InChI is InChI=1S/C14H19N3OS2/c1-14(16-2,12(15)18)8-5-9-19-13-17-10-6-3-4-7-11(10)20-13/h3-4,6-7,16H,5,8-9H2,1-2H3,(H2,15,18). The van der Waals surface area contributed by atoms with Crippen molar-refractivity contribution in [1.29, 1.82) is 0 Å². The molecule has 4 nitrogen and oxygen atoms in total. The van der Waals surface area contributed by atoms with Crippen LogP contribution in [0.3, 0.4) is 0 Å². The van der Waals surface area contributed by atoms with Crippen molar-refractivity contribution in [3.05, 3.63) is 24.3 Å². The highest BCUT2D eigenvalue weighted by Gasteiger charge is 2.27. The average Bonchev–Trinajstić information content (AvgIpc) is 2.85. The van der Waals surface area contributed by atoms with Gasteiger partial charge in [0.25, 0.3) is 0 Å². The van der Waals surface area contributed by atoms with E-state index in [1.54, 1.807) is 30.1 Å². The largest absolute Gasteiger partial charge is 0.368 e. The van der Waals surface area contributed by atoms with Crippen molar-refractivity contribution in [3.63, 3.8) is 0 Å². The fraction of sp³-hybridized carbons (Fsp3) is 0.429. The summed E-state index contributed by atoms with van der Waals surface area (Å²) in [6.07, 6.45) is 1.65. The maximum Gasteiger partial charge on any atom is 0.237 e. The van der Waals surface area contributed by atoms with E-state index in [2.05, 4.69) is 16.4 Å². The number of fused-ring (bicyclic) bond motifs is 1. The third-order valence-corrected chi connectivity index (χ3v) is 5.68. The Bertz CT molecular complexity index is 566. The van der Waals surface area contributed by atoms with Crippen molar-refractivity contribution >= 4 is 39.2 Å². The topological polar surface area (TPSA) is 68.0 Å². The lowest BCUT2D eigenvalue weighted by atomic mass is 9.96. The van der Waals surface area contributed by atoms with Gasteiger partial charge in [-0.3, -0.25) is 4.79 Å². The zero-order valence-electron chi connectivity index (χ0n) is 11.7. The number of para-hydroxylation sites is 1. The number of hydrogen-bond acceptors (Lipinski definition) is 5. The summed E-state index contributed by atoms with van der Waals surface area (Å²) in [5, 5.41) is 3.00. The van der Waals surface area contributed by atoms with Gasteiger partial charge in [0, 0.05) is 5.75 Å². The van der Waals surface area contributed by atoms with Crippen LogP contribution in [0.1, 0.15) is 19.8 Å². The number of thiazole rings is 1. The van der Waals surface area contributed by atoms with Crippen molar-refractivity contribution in [2.75, 3.05) is 12.8 Å². The van der Waals surface area contributed by atoms with Crippen LogP contribution in [0.2, 0.25) is 0 Å². The van der Waals surface area contributed by atoms with Gasteiger partial charge in [-0.25, -0.2) is 4.98 Å². The van der Waals surface area contributed by atoms with Crippen molar-refractivity contribution in [2.45, 2.75) is 29.6 Å². The molecule has 1 atom stereocenters. The highest BCUT2D eigenvalue weighted by atomic mass is 32.2. The number of hydrogen-bond donors (Lipinski definition) is 2. The Morgan fingerprint density at radius 2 is 2.25 bits per heavy atom. The van der Waals surface area contributed by atoms with Crippen LogP contribution in [0, 0.1) is 0 Å². The van der Waals surface area contributed by atoms with Gasteiger partial charge >= 0.3 is 0 Å². The smallest absolute Gasteiger partial charge is 0.237 e. The molecule has 20 heavy (non-hydrogen) atoms. The van der Waals surface area contributed by atoms with Gasteiger partial charge in [0.2, 0.25) is 5.91 Å². The molecular weight excluding hydrogens is 290 g/mol. The maximum absolute atomic E-state index is 11.4. The molecule has 0 saturated carbocycles. The molecule has 6 heteroatoms. The van der Waals surface area contributed by atoms with E-state index < -0.39 is 5.54 Å². The summed E-state index contributed by atoms with van der Waals surface area (Å²) in [6, 6.07) is 8.14. The predicted molar refractivity (Wildman–Crippen MR) is 86.2 cm³/mol. The zero-order valence-corrected chi connectivity index (χ0v) is 13.3. The van der Waals surface area contributed by atoms with Crippen LogP contribution in [-0.2, 0) is 4.79 Å². The lowest BCUT2D eigenvalue weighted by Gasteiger charge is -2.25. The summed E-state index contributed by atoms with van der Waals surface area (Å²) >= 11 is 3.45. The minimum absolute atomic E-state index is 0.301. The number of nitrogens with one attached hydrogen (secondary N) is 1. The van der Waals surface area contributed by atoms with Crippen molar-refractivity contribution in [2.24, 2.45) is 5.73 Å². The number of likely N-dealkylation sites (N-methyl/N-ethyl adjacent to an activating group) is 1. The van der Waals surface area contributed by atoms with E-state index in [0.29, 0.717) is 0 Å². The first-order valence-electron chi connectivity index (χ1n) is 6.52. The molecule has 2 aromatic rings. The van der Waals surface area contributed by atoms with E-state index in [0.717, 1.165) is 28.5 Å². The van der Waals surface area contributed by atoms with Crippen LogP contribution in [0.5, 0.6) is 0 Å². The summed E-state index contributed by atoms with van der Waals surface area (Å²) in [6.45, 7) is 1.84. The van der Waals surface area contributed by atoms with Crippen LogP contribution in [-0.4, -0.2) is 29.2 Å². The number of primary amides is 1. The Balaban J connectivity index is 1.85. The summed E-state index contributed by atoms with van der Waals surface area (Å²) in [5.41, 5.74) is 5.84. The Morgan fingerprint density at radius 3 is 2.90 bits per heavy atom. The fourth-order valence-electron chi connectivity index (χ4n) is 1.87. The van der Waals surface area contributed by atoms with Gasteiger partial charge in [-0.15, -0.1) is 11.3 Å². The third kappa shape index (κ3) is 3.50. The molecule has 0 aliphatic rings. The number of aromatic nitrogens is 1. The minimum Gasteiger partial charge on any atom is -0.368 e. The van der Waals surface area contributed by atoms with E-state index in [9.17, 15) is 4.79 Å². The molecule has 2 rings (SSSR count). The maximum atomic E-state index is 11.4. The number of nitrogens with two attached hydrogens (primary N) is 1. The lowest BCUT2D eigenvalue weighted by Crippen LogP contribution is -2.51. The molecule has 0 spiro atoms. The van der Waals surface area contributed by atoms with E-state index in [-0.39, 0.29) is 5.91 Å². The molecular formula is C14H19N3OS2. The monoisotopic (exact) mass is 309 g/mol. The SMILES string of the molecule is CNC(C)(CCCSc1nc2ccccc2s1)C(N)=O. The first-order chi connectivity index (χ1) is 9.55. The quantitative estimate of drug-likeness (QED) is 0.609. The fourth-order valence-corrected chi connectivity index (χ4v) is 3.95. The van der Waals surface area contributed by atoms with E-state index in [1.807, 2.05) is 25.1 Å². The highest BCUT2D eigenvalue weighted by molar-refractivity contribution is 8.01. The number of thioether (sulfide) groups is 1. The molecule has 1 aromatic heterocycles. The second-order valence-electron chi connectivity index (χ2n) is 4.85. The van der Waals surface area contributed by atoms with Gasteiger partial charge in [-0.2, -0.15) is 0 Å². The number of amides is 1. The number of nitrogens with zero attached hydrogens (tertiary/aromatic N) is 1. The van der Waals surface area contributed by atoms with Gasteiger partial charge in [0.1, 0.15) is 0 Å². The molecule has 3 N–H and O–H groups in total. The molecule has 108 valence electrons.